The van der Waals surface area contributed by atoms with Gasteiger partial charge in [-0.3, -0.25) is 4.79 Å². The number of anilines is 2. The first-order chi connectivity index (χ1) is 8.39. The van der Waals surface area contributed by atoms with E-state index in [4.69, 9.17) is 11.5 Å². The summed E-state index contributed by atoms with van der Waals surface area (Å²) < 4.78 is 0.149. The molecule has 18 heavy (non-hydrogen) atoms. The van der Waals surface area contributed by atoms with Crippen molar-refractivity contribution in [3.05, 3.63) is 17.8 Å². The minimum absolute atomic E-state index is 0.149. The van der Waals surface area contributed by atoms with E-state index >= 15 is 0 Å². The van der Waals surface area contributed by atoms with Gasteiger partial charge in [-0.2, -0.15) is 11.8 Å². The molecule has 98 valence electrons. The molecule has 1 saturated heterocycles. The smallest absolute Gasteiger partial charge is 0.252 e. The lowest BCUT2D eigenvalue weighted by Gasteiger charge is -2.38. The van der Waals surface area contributed by atoms with Crippen LogP contribution in [-0.2, 0) is 0 Å². The van der Waals surface area contributed by atoms with Gasteiger partial charge >= 0.3 is 0 Å². The molecule has 1 amide bonds. The van der Waals surface area contributed by atoms with Crippen molar-refractivity contribution in [2.75, 3.05) is 29.5 Å². The van der Waals surface area contributed by atoms with Crippen molar-refractivity contribution in [2.45, 2.75) is 18.6 Å². The Balaban J connectivity index is 2.35. The lowest BCUT2D eigenvalue weighted by Crippen LogP contribution is -2.44. The normalized spacial score (nSPS) is 18.7. The molecule has 0 saturated carbocycles. The Hall–Kier alpha value is -1.43. The SMILES string of the molecule is CC1(C)CN(c2ncc(N)cc2C(N)=O)CCS1. The maximum Gasteiger partial charge on any atom is 0.252 e. The van der Waals surface area contributed by atoms with Gasteiger partial charge in [-0.05, 0) is 19.9 Å². The number of nitrogens with two attached hydrogens (primary N) is 2. The molecule has 0 aliphatic carbocycles. The Labute approximate surface area is 111 Å². The molecule has 0 spiro atoms. The molecule has 1 fully saturated rings. The van der Waals surface area contributed by atoms with Crippen LogP contribution in [0.15, 0.2) is 12.3 Å². The van der Waals surface area contributed by atoms with Crippen LogP contribution in [0, 0.1) is 0 Å². The first-order valence-electron chi connectivity index (χ1n) is 5.83. The molecule has 0 unspecified atom stereocenters. The van der Waals surface area contributed by atoms with Gasteiger partial charge in [0.25, 0.3) is 5.91 Å². The third-order valence-electron chi connectivity index (χ3n) is 2.88. The van der Waals surface area contributed by atoms with Crippen molar-refractivity contribution < 1.29 is 4.79 Å². The lowest BCUT2D eigenvalue weighted by atomic mass is 10.1. The Kier molecular flexibility index (Phi) is 3.38. The Morgan fingerprint density at radius 3 is 2.89 bits per heavy atom. The third kappa shape index (κ3) is 2.69. The number of aromatic nitrogens is 1. The van der Waals surface area contributed by atoms with E-state index in [1.807, 2.05) is 11.8 Å². The van der Waals surface area contributed by atoms with Gasteiger partial charge < -0.3 is 16.4 Å². The highest BCUT2D eigenvalue weighted by Gasteiger charge is 2.29. The predicted octanol–water partition coefficient (Wildman–Crippen LogP) is 1.09. The number of carbonyl (C=O) groups excluding carboxylic acids is 1. The minimum Gasteiger partial charge on any atom is -0.397 e. The van der Waals surface area contributed by atoms with E-state index in [1.54, 1.807) is 12.3 Å². The summed E-state index contributed by atoms with van der Waals surface area (Å²) in [7, 11) is 0. The molecule has 1 aromatic heterocycles. The average Bonchev–Trinajstić information content (AvgIpc) is 2.27. The van der Waals surface area contributed by atoms with Crippen molar-refractivity contribution in [1.29, 1.82) is 0 Å². The van der Waals surface area contributed by atoms with E-state index in [0.29, 0.717) is 17.1 Å². The third-order valence-corrected chi connectivity index (χ3v) is 4.18. The van der Waals surface area contributed by atoms with E-state index in [2.05, 4.69) is 23.7 Å². The molecule has 2 heterocycles. The second kappa shape index (κ2) is 4.68. The zero-order chi connectivity index (χ0) is 13.3. The Bertz CT molecular complexity index is 475. The quantitative estimate of drug-likeness (QED) is 0.837. The maximum atomic E-state index is 11.5. The molecular weight excluding hydrogens is 248 g/mol. The van der Waals surface area contributed by atoms with Gasteiger partial charge in [-0.15, -0.1) is 0 Å². The van der Waals surface area contributed by atoms with E-state index < -0.39 is 5.91 Å². The summed E-state index contributed by atoms with van der Waals surface area (Å²) in [5.74, 6) is 1.17. The summed E-state index contributed by atoms with van der Waals surface area (Å²) in [5, 5.41) is 0. The molecule has 1 aromatic rings. The number of amides is 1. The Morgan fingerprint density at radius 2 is 2.28 bits per heavy atom. The summed E-state index contributed by atoms with van der Waals surface area (Å²) in [6.45, 7) is 6.08. The molecule has 0 atom stereocenters. The molecule has 1 aliphatic heterocycles. The number of carbonyl (C=O) groups is 1. The molecule has 4 N–H and O–H groups in total. The fourth-order valence-electron chi connectivity index (χ4n) is 2.10. The molecule has 5 nitrogen and oxygen atoms in total. The number of pyridine rings is 1. The van der Waals surface area contributed by atoms with Gasteiger partial charge in [-0.25, -0.2) is 4.98 Å². The number of primary amides is 1. The Morgan fingerprint density at radius 1 is 1.56 bits per heavy atom. The van der Waals surface area contributed by atoms with Gasteiger partial charge in [0.1, 0.15) is 5.82 Å². The van der Waals surface area contributed by atoms with E-state index in [0.717, 1.165) is 18.8 Å². The fraction of sp³-hybridized carbons (Fsp3) is 0.500. The lowest BCUT2D eigenvalue weighted by molar-refractivity contribution is 0.100. The van der Waals surface area contributed by atoms with Crippen molar-refractivity contribution in [2.24, 2.45) is 5.73 Å². The number of hydrogen-bond donors (Lipinski definition) is 2. The van der Waals surface area contributed by atoms with Crippen LogP contribution in [0.4, 0.5) is 11.5 Å². The monoisotopic (exact) mass is 266 g/mol. The van der Waals surface area contributed by atoms with Gasteiger partial charge in [0.15, 0.2) is 0 Å². The number of nitrogens with zero attached hydrogens (tertiary/aromatic N) is 2. The highest BCUT2D eigenvalue weighted by Crippen LogP contribution is 2.32. The fourth-order valence-corrected chi connectivity index (χ4v) is 3.22. The maximum absolute atomic E-state index is 11.5. The van der Waals surface area contributed by atoms with Crippen LogP contribution in [0.2, 0.25) is 0 Å². The summed E-state index contributed by atoms with van der Waals surface area (Å²) in [6.07, 6.45) is 1.57. The van der Waals surface area contributed by atoms with Crippen LogP contribution < -0.4 is 16.4 Å². The number of nitrogen functional groups attached to an aromatic ring is 1. The topological polar surface area (TPSA) is 85.2 Å². The molecule has 2 rings (SSSR count). The highest BCUT2D eigenvalue weighted by atomic mass is 32.2. The molecule has 1 aliphatic rings. The van der Waals surface area contributed by atoms with Crippen LogP contribution in [-0.4, -0.2) is 34.5 Å². The van der Waals surface area contributed by atoms with Crippen molar-refractivity contribution >= 4 is 29.2 Å². The molecule has 6 heteroatoms. The van der Waals surface area contributed by atoms with Crippen LogP contribution in [0.25, 0.3) is 0 Å². The van der Waals surface area contributed by atoms with Gasteiger partial charge in [-0.1, -0.05) is 0 Å². The summed E-state index contributed by atoms with van der Waals surface area (Å²) >= 11 is 1.93. The summed E-state index contributed by atoms with van der Waals surface area (Å²) in [5.41, 5.74) is 11.9. The zero-order valence-electron chi connectivity index (χ0n) is 10.6. The van der Waals surface area contributed by atoms with Crippen molar-refractivity contribution in [1.82, 2.24) is 4.98 Å². The first kappa shape index (κ1) is 13.0. The molecule has 0 radical (unpaired) electrons. The van der Waals surface area contributed by atoms with Crippen LogP contribution in [0.1, 0.15) is 24.2 Å². The standard InChI is InChI=1S/C12H18N4OS/c1-12(2)7-16(3-4-18-12)11-9(10(14)17)5-8(13)6-15-11/h5-6H,3-4,7,13H2,1-2H3,(H2,14,17). The van der Waals surface area contributed by atoms with Crippen LogP contribution >= 0.6 is 11.8 Å². The highest BCUT2D eigenvalue weighted by molar-refractivity contribution is 8.00. The number of hydrogen-bond acceptors (Lipinski definition) is 5. The number of rotatable bonds is 2. The number of thioether (sulfide) groups is 1. The zero-order valence-corrected chi connectivity index (χ0v) is 11.5. The van der Waals surface area contributed by atoms with Gasteiger partial charge in [0.05, 0.1) is 17.4 Å². The minimum atomic E-state index is -0.485. The predicted molar refractivity (Wildman–Crippen MR) is 75.9 cm³/mol. The molecule has 0 bridgehead atoms. The van der Waals surface area contributed by atoms with Crippen LogP contribution in [0.3, 0.4) is 0 Å². The average molecular weight is 266 g/mol. The largest absolute Gasteiger partial charge is 0.397 e. The second-order valence-corrected chi connectivity index (χ2v) is 6.84. The first-order valence-corrected chi connectivity index (χ1v) is 6.82. The van der Waals surface area contributed by atoms with E-state index in [1.165, 1.54) is 0 Å². The summed E-state index contributed by atoms with van der Waals surface area (Å²) in [4.78, 5) is 17.9. The van der Waals surface area contributed by atoms with Gasteiger partial charge in [0, 0.05) is 23.6 Å². The summed E-state index contributed by atoms with van der Waals surface area (Å²) in [6, 6.07) is 1.60. The van der Waals surface area contributed by atoms with E-state index in [9.17, 15) is 4.79 Å². The van der Waals surface area contributed by atoms with Crippen molar-refractivity contribution in [3.8, 4) is 0 Å². The second-order valence-electron chi connectivity index (χ2n) is 5.03. The van der Waals surface area contributed by atoms with Gasteiger partial charge in [0.2, 0.25) is 0 Å². The van der Waals surface area contributed by atoms with E-state index in [-0.39, 0.29) is 4.75 Å². The molecular formula is C12H18N4OS. The molecule has 0 aromatic carbocycles. The van der Waals surface area contributed by atoms with Crippen LogP contribution in [0.5, 0.6) is 0 Å². The van der Waals surface area contributed by atoms with Crippen molar-refractivity contribution in [3.63, 3.8) is 0 Å².